The summed E-state index contributed by atoms with van der Waals surface area (Å²) in [6.07, 6.45) is 0. The van der Waals surface area contributed by atoms with Crippen molar-refractivity contribution in [1.29, 1.82) is 0 Å². The fourth-order valence-electron chi connectivity index (χ4n) is 19.0. The second kappa shape index (κ2) is 29.8. The molecule has 24 rings (SSSR count). The maximum atomic E-state index is 7.19. The van der Waals surface area contributed by atoms with Crippen LogP contribution in [0, 0.1) is 0 Å². The van der Waals surface area contributed by atoms with Crippen LogP contribution in [0.15, 0.2) is 458 Å². The summed E-state index contributed by atoms with van der Waals surface area (Å²) in [5.41, 5.74) is 27.0. The van der Waals surface area contributed by atoms with Crippen LogP contribution < -0.4 is 9.80 Å². The largest absolute Gasteiger partial charge is 0.436 e. The Morgan fingerprint density at radius 1 is 0.177 bits per heavy atom. The van der Waals surface area contributed by atoms with E-state index in [9.17, 15) is 0 Å². The van der Waals surface area contributed by atoms with Crippen LogP contribution in [0.1, 0.15) is 0 Å². The van der Waals surface area contributed by atoms with Crippen molar-refractivity contribution in [2.45, 2.75) is 0 Å². The van der Waals surface area contributed by atoms with Gasteiger partial charge in [0.15, 0.2) is 11.2 Å². The van der Waals surface area contributed by atoms with Gasteiger partial charge in [0.25, 0.3) is 0 Å². The van der Waals surface area contributed by atoms with E-state index in [2.05, 4.69) is 404 Å². The maximum absolute atomic E-state index is 7.19. The summed E-state index contributed by atoms with van der Waals surface area (Å²) in [4.78, 5) is 15.4. The highest BCUT2D eigenvalue weighted by Gasteiger charge is 2.26. The predicted molar refractivity (Wildman–Crippen MR) is 520 cm³/mol. The number of aromatic nitrogens is 2. The van der Waals surface area contributed by atoms with Crippen molar-refractivity contribution < 1.29 is 8.83 Å². The Balaban J connectivity index is 0.585. The highest BCUT2D eigenvalue weighted by molar-refractivity contribution is 6.20. The molecule has 0 amide bonds. The van der Waals surface area contributed by atoms with Gasteiger partial charge in [-0.3, -0.25) is 0 Å². The number of anilines is 6. The van der Waals surface area contributed by atoms with Crippen LogP contribution in [-0.4, -0.2) is 9.97 Å². The summed E-state index contributed by atoms with van der Waals surface area (Å²) in [5.74, 6) is 1.19. The normalized spacial score (nSPS) is 11.7. The summed E-state index contributed by atoms with van der Waals surface area (Å²) >= 11 is 0. The Bertz CT molecular complexity index is 8350. The molecule has 0 aliphatic rings. The number of nitrogens with zero attached hydrogens (tertiary/aromatic N) is 4. The first kappa shape index (κ1) is 71.6. The number of oxazole rings is 2. The number of rotatable bonds is 15. The van der Waals surface area contributed by atoms with Gasteiger partial charge in [-0.15, -0.1) is 0 Å². The third-order valence-corrected chi connectivity index (χ3v) is 25.0. The first-order valence-corrected chi connectivity index (χ1v) is 42.3. The lowest BCUT2D eigenvalue weighted by Crippen LogP contribution is -2.11. The van der Waals surface area contributed by atoms with E-state index in [-0.39, 0.29) is 0 Å². The average Bonchev–Trinajstić information content (AvgIpc) is 1.20. The van der Waals surface area contributed by atoms with E-state index >= 15 is 0 Å². The molecule has 2 aromatic heterocycles. The van der Waals surface area contributed by atoms with E-state index in [1.54, 1.807) is 0 Å². The molecule has 124 heavy (non-hydrogen) atoms. The van der Waals surface area contributed by atoms with Gasteiger partial charge in [-0.25, -0.2) is 9.97 Å². The smallest absolute Gasteiger partial charge is 0.227 e. The lowest BCUT2D eigenvalue weighted by molar-refractivity contribution is 0.620. The monoisotopic (exact) mass is 1580 g/mol. The quantitative estimate of drug-likeness (QED) is 0.0954. The van der Waals surface area contributed by atoms with E-state index in [1.165, 1.54) is 38.1 Å². The molecule has 0 saturated carbocycles. The van der Waals surface area contributed by atoms with E-state index in [0.717, 1.165) is 193 Å². The average molecular weight is 1580 g/mol. The van der Waals surface area contributed by atoms with Gasteiger partial charge in [-0.05, 0) is 270 Å². The molecule has 2 heterocycles. The Labute approximate surface area is 716 Å². The molecule has 578 valence electrons. The van der Waals surface area contributed by atoms with Gasteiger partial charge in [0.05, 0.1) is 11.4 Å². The summed E-state index contributed by atoms with van der Waals surface area (Å²) < 4.78 is 13.5. The van der Waals surface area contributed by atoms with Crippen molar-refractivity contribution in [3.63, 3.8) is 0 Å². The maximum Gasteiger partial charge on any atom is 0.227 e. The second-order valence-corrected chi connectivity index (χ2v) is 32.2. The van der Waals surface area contributed by atoms with Crippen molar-refractivity contribution in [2.75, 3.05) is 9.80 Å². The molecule has 6 nitrogen and oxygen atoms in total. The molecule has 0 fully saturated rings. The predicted octanol–water partition coefficient (Wildman–Crippen LogP) is 33.1. The van der Waals surface area contributed by atoms with Crippen LogP contribution in [0.3, 0.4) is 0 Å². The molecule has 0 aliphatic heterocycles. The van der Waals surface area contributed by atoms with Crippen molar-refractivity contribution in [3.05, 3.63) is 449 Å². The lowest BCUT2D eigenvalue weighted by Gasteiger charge is -2.28. The number of para-hydroxylation sites is 2. The molecule has 0 atom stereocenters. The third kappa shape index (κ3) is 12.5. The van der Waals surface area contributed by atoms with Crippen LogP contribution in [0.25, 0.3) is 209 Å². The van der Waals surface area contributed by atoms with Crippen LogP contribution in [0.5, 0.6) is 0 Å². The molecule has 0 N–H and O–H groups in total. The van der Waals surface area contributed by atoms with Crippen molar-refractivity contribution in [2.24, 2.45) is 0 Å². The molecule has 0 bridgehead atoms. The molecule has 0 aliphatic carbocycles. The summed E-state index contributed by atoms with van der Waals surface area (Å²) in [6.45, 7) is 0. The zero-order valence-electron chi connectivity index (χ0n) is 67.3. The minimum Gasteiger partial charge on any atom is -0.436 e. The van der Waals surface area contributed by atoms with Gasteiger partial charge in [-0.2, -0.15) is 0 Å². The Hall–Kier alpha value is -16.5. The van der Waals surface area contributed by atoms with Crippen LogP contribution >= 0.6 is 0 Å². The standard InChI is InChI=1S/C118H74N4O2/c1-5-24-75(25-6-1)99-37-19-21-42-110(99)121(95-62-54-83-66-82(46-47-85(83)68-95)87-45-44-79-57-65-112-114(107(79)70-87)119-117(123-112)80-28-9-3-10-29-80)94-60-52-78(53-61-94)106-72-89-33-14-16-36-98(89)109-73-91(56-64-104(106)109)108-74-92-34-23-41-101(113(92)115-116(108)124-118(120-115)81-30-11-4-12-31-81)90-49-48-86-69-96(63-55-84(86)67-90)122(111-43-22-20-38-100(111)76-26-7-2-8-27-76)93-58-50-77(51-59-93)105-71-88-32-13-15-35-97(88)102-39-17-18-40-103(102)105/h1-74H. The fourth-order valence-corrected chi connectivity index (χ4v) is 19.0. The Morgan fingerprint density at radius 3 is 1.15 bits per heavy atom. The van der Waals surface area contributed by atoms with Gasteiger partial charge in [-0.1, -0.05) is 315 Å². The van der Waals surface area contributed by atoms with Crippen molar-refractivity contribution in [3.8, 4) is 101 Å². The Kier molecular flexibility index (Phi) is 17.2. The fraction of sp³-hybridized carbons (Fsp3) is 0. The molecule has 0 saturated heterocycles. The van der Waals surface area contributed by atoms with Gasteiger partial charge >= 0.3 is 0 Å². The molecule has 22 aromatic carbocycles. The third-order valence-electron chi connectivity index (χ3n) is 25.0. The number of fused-ring (bicyclic) bond motifs is 14. The highest BCUT2D eigenvalue weighted by atomic mass is 16.4. The van der Waals surface area contributed by atoms with Crippen molar-refractivity contribution >= 4 is 143 Å². The van der Waals surface area contributed by atoms with Crippen molar-refractivity contribution in [1.82, 2.24) is 9.97 Å². The SMILES string of the molecule is c1ccc(-c2nc3c(ccc4ccc(-c5ccc6cc(N(c7ccc(-c8cc9ccccc9c9cc(-c%10cc%11cccc(-c%12ccc%13cc(N(c%14ccc(-c%15cc%16ccccc%16c%16ccccc%15%16)cc%14)c%14ccccc%14-c%14ccccc%14)ccc%13c%12)c%11c%11nc(-c%12ccccc%12)oc%10%11)ccc89)cc7)c7ccccc7-c7ccccc7)ccc6c5)cc43)o2)cc1. The number of hydrogen-bond donors (Lipinski definition) is 0. The van der Waals surface area contributed by atoms with E-state index in [0.29, 0.717) is 11.8 Å². The van der Waals surface area contributed by atoms with Gasteiger partial charge in [0.1, 0.15) is 11.0 Å². The molecular formula is C118H74N4O2. The van der Waals surface area contributed by atoms with Crippen LogP contribution in [0.2, 0.25) is 0 Å². The molecule has 6 heteroatoms. The first-order chi connectivity index (χ1) is 61.4. The minimum absolute atomic E-state index is 0.570. The van der Waals surface area contributed by atoms with Gasteiger partial charge < -0.3 is 18.6 Å². The number of hydrogen-bond acceptors (Lipinski definition) is 6. The van der Waals surface area contributed by atoms with E-state index in [1.807, 2.05) is 54.6 Å². The van der Waals surface area contributed by atoms with Gasteiger partial charge in [0, 0.05) is 61.3 Å². The zero-order chi connectivity index (χ0) is 81.7. The minimum atomic E-state index is 0.570. The lowest BCUT2D eigenvalue weighted by atomic mass is 9.89. The molecule has 0 spiro atoms. The molecule has 0 radical (unpaired) electrons. The molecular weight excluding hydrogens is 1510 g/mol. The second-order valence-electron chi connectivity index (χ2n) is 32.2. The van der Waals surface area contributed by atoms with E-state index in [4.69, 9.17) is 18.8 Å². The Morgan fingerprint density at radius 2 is 0.556 bits per heavy atom. The molecule has 0 unspecified atom stereocenters. The summed E-state index contributed by atoms with van der Waals surface area (Å²) in [5, 5.41) is 18.4. The number of benzene rings is 22. The summed E-state index contributed by atoms with van der Waals surface area (Å²) in [7, 11) is 0. The summed E-state index contributed by atoms with van der Waals surface area (Å²) in [6, 6.07) is 163. The zero-order valence-corrected chi connectivity index (χ0v) is 67.3. The van der Waals surface area contributed by atoms with Crippen LogP contribution in [0.4, 0.5) is 34.1 Å². The topological polar surface area (TPSA) is 58.5 Å². The van der Waals surface area contributed by atoms with Gasteiger partial charge in [0.2, 0.25) is 11.8 Å². The van der Waals surface area contributed by atoms with E-state index < -0.39 is 0 Å². The highest BCUT2D eigenvalue weighted by Crippen LogP contribution is 2.50. The van der Waals surface area contributed by atoms with Crippen LogP contribution in [-0.2, 0) is 0 Å². The molecule has 24 aromatic rings. The first-order valence-electron chi connectivity index (χ1n) is 42.3.